The summed E-state index contributed by atoms with van der Waals surface area (Å²) >= 11 is 0. The number of hydrogen-bond acceptors (Lipinski definition) is 5. The van der Waals surface area contributed by atoms with Gasteiger partial charge in [0, 0.05) is 6.07 Å². The van der Waals surface area contributed by atoms with E-state index in [1.807, 2.05) is 6.07 Å². The van der Waals surface area contributed by atoms with Crippen LogP contribution in [0.25, 0.3) is 0 Å². The minimum Gasteiger partial charge on any atom is -0.497 e. The lowest BCUT2D eigenvalue weighted by Gasteiger charge is -2.11. The number of nitrogens with zero attached hydrogens (tertiary/aromatic N) is 1. The van der Waals surface area contributed by atoms with Crippen LogP contribution in [0.3, 0.4) is 0 Å². The number of benzene rings is 2. The molecule has 108 valence electrons. The van der Waals surface area contributed by atoms with Crippen molar-refractivity contribution in [1.82, 2.24) is 0 Å². The van der Waals surface area contributed by atoms with Crippen molar-refractivity contribution in [3.63, 3.8) is 0 Å². The van der Waals surface area contributed by atoms with E-state index in [2.05, 4.69) is 6.07 Å². The van der Waals surface area contributed by atoms with Crippen LogP contribution < -0.4 is 19.9 Å². The Morgan fingerprint density at radius 2 is 1.86 bits per heavy atom. The summed E-state index contributed by atoms with van der Waals surface area (Å²) in [6.07, 6.45) is 0. The van der Waals surface area contributed by atoms with Gasteiger partial charge >= 0.3 is 0 Å². The topological polar surface area (TPSA) is 77.5 Å². The Labute approximate surface area is 123 Å². The number of anilines is 1. The molecule has 2 N–H and O–H groups in total. The first kappa shape index (κ1) is 14.5. The van der Waals surface area contributed by atoms with E-state index in [4.69, 9.17) is 25.2 Å². The highest BCUT2D eigenvalue weighted by atomic mass is 16.5. The monoisotopic (exact) mass is 284 g/mol. The van der Waals surface area contributed by atoms with Crippen molar-refractivity contribution in [1.29, 1.82) is 5.26 Å². The van der Waals surface area contributed by atoms with Gasteiger partial charge in [-0.15, -0.1) is 0 Å². The largest absolute Gasteiger partial charge is 0.497 e. The van der Waals surface area contributed by atoms with Gasteiger partial charge in [-0.05, 0) is 29.8 Å². The summed E-state index contributed by atoms with van der Waals surface area (Å²) in [5.74, 6) is 1.79. The molecule has 0 saturated carbocycles. The molecule has 0 heterocycles. The Morgan fingerprint density at radius 3 is 2.48 bits per heavy atom. The van der Waals surface area contributed by atoms with Crippen LogP contribution in [0.2, 0.25) is 0 Å². The highest BCUT2D eigenvalue weighted by Gasteiger charge is 2.06. The fraction of sp³-hybridized carbons (Fsp3) is 0.188. The van der Waals surface area contributed by atoms with Gasteiger partial charge in [0.2, 0.25) is 0 Å². The van der Waals surface area contributed by atoms with Crippen molar-refractivity contribution >= 4 is 5.69 Å². The quantitative estimate of drug-likeness (QED) is 0.854. The molecule has 0 atom stereocenters. The molecule has 0 radical (unpaired) electrons. The van der Waals surface area contributed by atoms with Crippen LogP contribution in [0, 0.1) is 11.3 Å². The van der Waals surface area contributed by atoms with Crippen LogP contribution in [0.1, 0.15) is 11.1 Å². The Kier molecular flexibility index (Phi) is 4.52. The molecular formula is C16H16N2O3. The summed E-state index contributed by atoms with van der Waals surface area (Å²) in [7, 11) is 3.11. The maximum absolute atomic E-state index is 8.94. The zero-order chi connectivity index (χ0) is 15.2. The van der Waals surface area contributed by atoms with E-state index in [-0.39, 0.29) is 0 Å². The zero-order valence-electron chi connectivity index (χ0n) is 11.9. The minimum atomic E-state index is 0.332. The highest BCUT2D eigenvalue weighted by molar-refractivity contribution is 5.56. The summed E-state index contributed by atoms with van der Waals surface area (Å²) in [6, 6.07) is 12.6. The third kappa shape index (κ3) is 3.37. The first-order valence-electron chi connectivity index (χ1n) is 6.31. The molecule has 0 aliphatic carbocycles. The molecule has 0 aliphatic heterocycles. The maximum atomic E-state index is 8.94. The number of rotatable bonds is 5. The van der Waals surface area contributed by atoms with Crippen molar-refractivity contribution in [3.05, 3.63) is 47.5 Å². The Bertz CT molecular complexity index is 678. The SMILES string of the molecule is COc1ccc(OCc2ccc(C#N)c(OC)c2)c(N)c1. The molecule has 21 heavy (non-hydrogen) atoms. The second-order valence-corrected chi connectivity index (χ2v) is 4.34. The van der Waals surface area contributed by atoms with Gasteiger partial charge in [0.15, 0.2) is 0 Å². The molecular weight excluding hydrogens is 268 g/mol. The zero-order valence-corrected chi connectivity index (χ0v) is 11.9. The van der Waals surface area contributed by atoms with Gasteiger partial charge in [-0.1, -0.05) is 6.07 Å². The van der Waals surface area contributed by atoms with Crippen LogP contribution in [0.15, 0.2) is 36.4 Å². The van der Waals surface area contributed by atoms with Crippen LogP contribution >= 0.6 is 0 Å². The Balaban J connectivity index is 2.11. The average molecular weight is 284 g/mol. The Morgan fingerprint density at radius 1 is 1.05 bits per heavy atom. The van der Waals surface area contributed by atoms with Crippen LogP contribution in [0.5, 0.6) is 17.2 Å². The smallest absolute Gasteiger partial charge is 0.142 e. The Hall–Kier alpha value is -2.87. The molecule has 0 aliphatic rings. The minimum absolute atomic E-state index is 0.332. The average Bonchev–Trinajstić information content (AvgIpc) is 2.53. The van der Waals surface area contributed by atoms with Gasteiger partial charge in [0.1, 0.15) is 29.9 Å². The van der Waals surface area contributed by atoms with Crippen molar-refractivity contribution in [2.75, 3.05) is 20.0 Å². The van der Waals surface area contributed by atoms with Crippen molar-refractivity contribution in [2.45, 2.75) is 6.61 Å². The molecule has 0 aromatic heterocycles. The van der Waals surface area contributed by atoms with Crippen molar-refractivity contribution in [3.8, 4) is 23.3 Å². The third-order valence-electron chi connectivity index (χ3n) is 3.00. The number of nitrogens with two attached hydrogens (primary N) is 1. The lowest BCUT2D eigenvalue weighted by Crippen LogP contribution is -2.00. The lowest BCUT2D eigenvalue weighted by atomic mass is 10.1. The molecule has 2 aromatic carbocycles. The van der Waals surface area contributed by atoms with Gasteiger partial charge in [0.05, 0.1) is 25.5 Å². The standard InChI is InChI=1S/C16H16N2O3/c1-19-13-5-6-15(14(18)8-13)21-10-11-3-4-12(9-17)16(7-11)20-2/h3-8H,10,18H2,1-2H3. The molecule has 2 aromatic rings. The van der Waals surface area contributed by atoms with E-state index in [9.17, 15) is 0 Å². The van der Waals surface area contributed by atoms with E-state index >= 15 is 0 Å². The number of nitrogen functional groups attached to an aromatic ring is 1. The first-order chi connectivity index (χ1) is 10.2. The fourth-order valence-electron chi connectivity index (χ4n) is 1.86. The van der Waals surface area contributed by atoms with E-state index in [1.165, 1.54) is 7.11 Å². The van der Waals surface area contributed by atoms with Crippen LogP contribution in [0.4, 0.5) is 5.69 Å². The summed E-state index contributed by atoms with van der Waals surface area (Å²) in [6.45, 7) is 0.332. The normalized spacial score (nSPS) is 9.76. The van der Waals surface area contributed by atoms with Gasteiger partial charge < -0.3 is 19.9 Å². The molecule has 0 spiro atoms. The highest BCUT2D eigenvalue weighted by Crippen LogP contribution is 2.27. The van der Waals surface area contributed by atoms with E-state index in [0.717, 1.165) is 5.56 Å². The van der Waals surface area contributed by atoms with Crippen molar-refractivity contribution < 1.29 is 14.2 Å². The molecule has 2 rings (SSSR count). The van der Waals surface area contributed by atoms with Gasteiger partial charge in [-0.3, -0.25) is 0 Å². The maximum Gasteiger partial charge on any atom is 0.142 e. The van der Waals surface area contributed by atoms with E-state index in [1.54, 1.807) is 37.4 Å². The number of ether oxygens (including phenoxy) is 3. The van der Waals surface area contributed by atoms with Crippen molar-refractivity contribution in [2.24, 2.45) is 0 Å². The van der Waals surface area contributed by atoms with Gasteiger partial charge in [0.25, 0.3) is 0 Å². The summed E-state index contributed by atoms with van der Waals surface area (Å²) in [5.41, 5.74) is 7.78. The second-order valence-electron chi connectivity index (χ2n) is 4.34. The second kappa shape index (κ2) is 6.53. The molecule has 0 bridgehead atoms. The lowest BCUT2D eigenvalue weighted by molar-refractivity contribution is 0.306. The van der Waals surface area contributed by atoms with Gasteiger partial charge in [-0.25, -0.2) is 0 Å². The molecule has 0 amide bonds. The number of hydrogen-bond donors (Lipinski definition) is 1. The van der Waals surface area contributed by atoms with E-state index < -0.39 is 0 Å². The molecule has 5 heteroatoms. The first-order valence-corrected chi connectivity index (χ1v) is 6.31. The van der Waals surface area contributed by atoms with Gasteiger partial charge in [-0.2, -0.15) is 5.26 Å². The molecule has 5 nitrogen and oxygen atoms in total. The predicted molar refractivity (Wildman–Crippen MR) is 79.4 cm³/mol. The number of nitriles is 1. The third-order valence-corrected chi connectivity index (χ3v) is 3.00. The summed E-state index contributed by atoms with van der Waals surface area (Å²) < 4.78 is 15.9. The van der Waals surface area contributed by atoms with E-state index in [0.29, 0.717) is 35.1 Å². The molecule has 0 saturated heterocycles. The summed E-state index contributed by atoms with van der Waals surface area (Å²) in [5, 5.41) is 8.94. The summed E-state index contributed by atoms with van der Waals surface area (Å²) in [4.78, 5) is 0. The molecule has 0 fully saturated rings. The molecule has 0 unspecified atom stereocenters. The van der Waals surface area contributed by atoms with Crippen LogP contribution in [-0.4, -0.2) is 14.2 Å². The predicted octanol–water partition coefficient (Wildman–Crippen LogP) is 2.74. The fourth-order valence-corrected chi connectivity index (χ4v) is 1.86. The van der Waals surface area contributed by atoms with Crippen LogP contribution in [-0.2, 0) is 6.61 Å². The number of methoxy groups -OCH3 is 2.